The predicted molar refractivity (Wildman–Crippen MR) is 140 cm³/mol. The van der Waals surface area contributed by atoms with Crippen LogP contribution in [-0.2, 0) is 14.3 Å². The Bertz CT molecular complexity index is 1100. The van der Waals surface area contributed by atoms with Crippen LogP contribution in [0.2, 0.25) is 5.02 Å². The second-order valence-electron chi connectivity index (χ2n) is 9.46. The smallest absolute Gasteiger partial charge is 0.351 e. The van der Waals surface area contributed by atoms with Crippen molar-refractivity contribution in [1.82, 2.24) is 0 Å². The minimum Gasteiger partial charge on any atom is -0.479 e. The van der Waals surface area contributed by atoms with Gasteiger partial charge in [-0.1, -0.05) is 62.3 Å². The molecule has 2 aliphatic carbocycles. The van der Waals surface area contributed by atoms with Gasteiger partial charge in [-0.3, -0.25) is 4.79 Å². The Labute approximate surface area is 220 Å². The van der Waals surface area contributed by atoms with Gasteiger partial charge in [-0.25, -0.2) is 9.59 Å². The zero-order chi connectivity index (χ0) is 25.7. The second kappa shape index (κ2) is 12.1. The Balaban J connectivity index is 1.72. The summed E-state index contributed by atoms with van der Waals surface area (Å²) in [6, 6.07) is 7.83. The quantitative estimate of drug-likeness (QED) is 0.386. The first-order valence-corrected chi connectivity index (χ1v) is 13.8. The van der Waals surface area contributed by atoms with E-state index in [9.17, 15) is 14.4 Å². The van der Waals surface area contributed by atoms with Crippen molar-refractivity contribution < 1.29 is 29.0 Å². The van der Waals surface area contributed by atoms with Crippen molar-refractivity contribution in [3.05, 3.63) is 34.2 Å². The normalized spacial score (nSPS) is 16.9. The molecule has 2 fully saturated rings. The zero-order valence-electron chi connectivity index (χ0n) is 20.5. The molecule has 0 spiro atoms. The topological polar surface area (TPSA) is 93.1 Å². The predicted octanol–water partition coefficient (Wildman–Crippen LogP) is 6.56. The molecule has 0 radical (unpaired) electrons. The summed E-state index contributed by atoms with van der Waals surface area (Å²) in [5, 5.41) is 9.19. The van der Waals surface area contributed by atoms with E-state index in [2.05, 4.69) is 0 Å². The molecule has 7 nitrogen and oxygen atoms in total. The number of thiophene rings is 1. The highest BCUT2D eigenvalue weighted by molar-refractivity contribution is 7.18. The summed E-state index contributed by atoms with van der Waals surface area (Å²) in [6.07, 6.45) is 10.6. The maximum absolute atomic E-state index is 13.8. The molecule has 2 aromatic rings. The van der Waals surface area contributed by atoms with Crippen LogP contribution in [0.5, 0.6) is 5.75 Å². The number of carbonyl (C=O) groups is 3. The van der Waals surface area contributed by atoms with Gasteiger partial charge in [0.1, 0.15) is 5.02 Å². The minimum atomic E-state index is -1.18. The number of nitrogens with zero attached hydrogens (tertiary/aromatic N) is 1. The summed E-state index contributed by atoms with van der Waals surface area (Å²) >= 11 is 7.71. The number of rotatable bonds is 8. The Morgan fingerprint density at radius 2 is 1.72 bits per heavy atom. The fourth-order valence-electron chi connectivity index (χ4n) is 5.27. The van der Waals surface area contributed by atoms with Crippen LogP contribution in [0.1, 0.15) is 73.9 Å². The van der Waals surface area contributed by atoms with Gasteiger partial charge in [0.05, 0.1) is 12.0 Å². The number of amides is 1. The van der Waals surface area contributed by atoms with Crippen LogP contribution in [0.15, 0.2) is 24.3 Å². The van der Waals surface area contributed by atoms with E-state index in [-0.39, 0.29) is 33.5 Å². The third-order valence-electron chi connectivity index (χ3n) is 7.04. The van der Waals surface area contributed by atoms with E-state index in [0.29, 0.717) is 4.88 Å². The first-order chi connectivity index (χ1) is 17.4. The number of anilines is 1. The van der Waals surface area contributed by atoms with E-state index in [1.165, 1.54) is 20.0 Å². The average Bonchev–Trinajstić information content (AvgIpc) is 3.24. The molecule has 9 heteroatoms. The summed E-state index contributed by atoms with van der Waals surface area (Å²) < 4.78 is 10.2. The lowest BCUT2D eigenvalue weighted by molar-refractivity contribution is -0.139. The molecular weight excluding hydrogens is 502 g/mol. The van der Waals surface area contributed by atoms with Crippen molar-refractivity contribution in [3.63, 3.8) is 0 Å². The molecule has 1 aromatic carbocycles. The van der Waals surface area contributed by atoms with Gasteiger partial charge in [-0.05, 0) is 43.4 Å². The van der Waals surface area contributed by atoms with Gasteiger partial charge in [-0.15, -0.1) is 11.3 Å². The molecule has 2 saturated carbocycles. The average molecular weight is 534 g/mol. The molecule has 0 saturated heterocycles. The van der Waals surface area contributed by atoms with E-state index in [0.717, 1.165) is 74.0 Å². The van der Waals surface area contributed by atoms with Crippen molar-refractivity contribution >= 4 is 46.5 Å². The number of aliphatic carboxylic acids is 1. The Morgan fingerprint density at radius 1 is 1.06 bits per heavy atom. The third kappa shape index (κ3) is 5.86. The molecule has 2 aliphatic rings. The summed E-state index contributed by atoms with van der Waals surface area (Å²) in [4.78, 5) is 39.9. The van der Waals surface area contributed by atoms with Crippen LogP contribution in [-0.4, -0.2) is 42.7 Å². The lowest BCUT2D eigenvalue weighted by atomic mass is 9.86. The fourth-order valence-corrected chi connectivity index (χ4v) is 6.75. The number of halogens is 1. The minimum absolute atomic E-state index is 0.00117. The van der Waals surface area contributed by atoms with Crippen molar-refractivity contribution in [2.24, 2.45) is 5.92 Å². The van der Waals surface area contributed by atoms with Crippen LogP contribution in [0, 0.1) is 5.92 Å². The molecule has 1 heterocycles. The van der Waals surface area contributed by atoms with Gasteiger partial charge >= 0.3 is 11.9 Å². The van der Waals surface area contributed by atoms with Gasteiger partial charge in [0.25, 0.3) is 0 Å². The molecule has 4 rings (SSSR count). The summed E-state index contributed by atoms with van der Waals surface area (Å²) in [7, 11) is 1.25. The van der Waals surface area contributed by atoms with E-state index in [1.807, 2.05) is 29.2 Å². The second-order valence-corrected chi connectivity index (χ2v) is 10.9. The summed E-state index contributed by atoms with van der Waals surface area (Å²) in [5.41, 5.74) is 1.56. The lowest BCUT2D eigenvalue weighted by Crippen LogP contribution is -2.45. The van der Waals surface area contributed by atoms with Gasteiger partial charge in [0.2, 0.25) is 5.91 Å². The molecule has 1 aromatic heterocycles. The fraction of sp³-hybridized carbons (Fsp3) is 0.519. The van der Waals surface area contributed by atoms with Crippen molar-refractivity contribution in [3.8, 4) is 16.2 Å². The van der Waals surface area contributed by atoms with Crippen LogP contribution in [0.25, 0.3) is 10.4 Å². The summed E-state index contributed by atoms with van der Waals surface area (Å²) in [6.45, 7) is -0.634. The Hall–Kier alpha value is -2.58. The first-order valence-electron chi connectivity index (χ1n) is 12.6. The Kier molecular flexibility index (Phi) is 8.90. The van der Waals surface area contributed by atoms with E-state index < -0.39 is 18.5 Å². The van der Waals surface area contributed by atoms with Gasteiger partial charge in [0, 0.05) is 17.6 Å². The van der Waals surface area contributed by atoms with Crippen molar-refractivity contribution in [2.45, 2.75) is 70.3 Å². The number of hydrogen-bond acceptors (Lipinski definition) is 6. The molecular formula is C27H32ClNO6S. The third-order valence-corrected chi connectivity index (χ3v) is 8.71. The number of methoxy groups -OCH3 is 1. The molecule has 0 atom stereocenters. The highest BCUT2D eigenvalue weighted by Gasteiger charge is 2.33. The SMILES string of the molecule is COC(=O)c1sc(-c2cccc(N(C(=O)C3CCCCC3)C3CCCCC3)c2)c(Cl)c1OCC(=O)O. The number of ether oxygens (including phenoxy) is 2. The summed E-state index contributed by atoms with van der Waals surface area (Å²) in [5.74, 6) is -1.57. The standard InChI is InChI=1S/C27H32ClNO6S/c1-34-27(33)25-23(35-16-21(30)31)22(28)24(36-25)18-11-8-14-20(15-18)29(19-12-6-3-7-13-19)26(32)17-9-4-2-5-10-17/h8,11,14-15,17,19H,2-7,9-10,12-13,16H2,1H3,(H,30,31). The molecule has 0 bridgehead atoms. The number of benzene rings is 1. The van der Waals surface area contributed by atoms with E-state index >= 15 is 0 Å². The number of carbonyl (C=O) groups excluding carboxylic acids is 2. The molecule has 1 N–H and O–H groups in total. The van der Waals surface area contributed by atoms with Gasteiger partial charge in [-0.2, -0.15) is 0 Å². The first kappa shape index (κ1) is 26.5. The van der Waals surface area contributed by atoms with E-state index in [1.54, 1.807) is 0 Å². The highest BCUT2D eigenvalue weighted by Crippen LogP contribution is 2.46. The van der Waals surface area contributed by atoms with Crippen LogP contribution < -0.4 is 9.64 Å². The van der Waals surface area contributed by atoms with Crippen LogP contribution in [0.3, 0.4) is 0 Å². The van der Waals surface area contributed by atoms with Gasteiger partial charge in [0.15, 0.2) is 17.2 Å². The molecule has 36 heavy (non-hydrogen) atoms. The maximum Gasteiger partial charge on any atom is 0.351 e. The number of carboxylic acid groups (broad SMARTS) is 1. The molecule has 194 valence electrons. The number of hydrogen-bond donors (Lipinski definition) is 1. The van der Waals surface area contributed by atoms with E-state index in [4.69, 9.17) is 26.2 Å². The maximum atomic E-state index is 13.8. The number of esters is 1. The van der Waals surface area contributed by atoms with Crippen molar-refractivity contribution in [1.29, 1.82) is 0 Å². The van der Waals surface area contributed by atoms with Gasteiger partial charge < -0.3 is 19.5 Å². The number of carboxylic acids is 1. The lowest BCUT2D eigenvalue weighted by Gasteiger charge is -2.37. The highest BCUT2D eigenvalue weighted by atomic mass is 35.5. The monoisotopic (exact) mass is 533 g/mol. The molecule has 0 aliphatic heterocycles. The Morgan fingerprint density at radius 3 is 2.36 bits per heavy atom. The molecule has 1 amide bonds. The zero-order valence-corrected chi connectivity index (χ0v) is 22.0. The largest absolute Gasteiger partial charge is 0.479 e. The van der Waals surface area contributed by atoms with Crippen LogP contribution in [0.4, 0.5) is 5.69 Å². The molecule has 0 unspecified atom stereocenters. The van der Waals surface area contributed by atoms with Crippen molar-refractivity contribution in [2.75, 3.05) is 18.6 Å². The van der Waals surface area contributed by atoms with Crippen LogP contribution >= 0.6 is 22.9 Å².